The van der Waals surface area contributed by atoms with Crippen molar-refractivity contribution in [3.05, 3.63) is 51.7 Å². The van der Waals surface area contributed by atoms with Crippen LogP contribution in [0.2, 0.25) is 0 Å². The summed E-state index contributed by atoms with van der Waals surface area (Å²) in [6, 6.07) is 5.99. The quantitative estimate of drug-likeness (QED) is 0.618. The fourth-order valence-corrected chi connectivity index (χ4v) is 2.93. The van der Waals surface area contributed by atoms with E-state index in [1.54, 1.807) is 0 Å². The Balaban J connectivity index is 2.49. The third-order valence-corrected chi connectivity index (χ3v) is 3.71. The van der Waals surface area contributed by atoms with Crippen LogP contribution in [0, 0.1) is 10.1 Å². The number of benzene rings is 1. The monoisotopic (exact) mass is 272 g/mol. The fourth-order valence-electron chi connectivity index (χ4n) is 2.93. The van der Waals surface area contributed by atoms with Gasteiger partial charge in [-0.1, -0.05) is 12.1 Å². The van der Waals surface area contributed by atoms with E-state index in [1.165, 1.54) is 17.3 Å². The molecule has 20 heavy (non-hydrogen) atoms. The number of nitrogens with zero attached hydrogens (tertiary/aromatic N) is 2. The van der Waals surface area contributed by atoms with Crippen LogP contribution in [0.25, 0.3) is 11.6 Å². The molecule has 0 N–H and O–H groups in total. The van der Waals surface area contributed by atoms with E-state index in [0.29, 0.717) is 0 Å². The lowest BCUT2D eigenvalue weighted by molar-refractivity contribution is -0.400. The van der Waals surface area contributed by atoms with E-state index in [-0.39, 0.29) is 5.54 Å². The highest BCUT2D eigenvalue weighted by atomic mass is 16.6. The number of allylic oxidation sites excluding steroid dienone is 1. The molecule has 0 aliphatic carbocycles. The molecular formula is C16H20N2O2. The van der Waals surface area contributed by atoms with E-state index in [4.69, 9.17) is 0 Å². The second-order valence-electron chi connectivity index (χ2n) is 5.60. The molecule has 1 heterocycles. The Hall–Kier alpha value is -2.10. The van der Waals surface area contributed by atoms with Crippen LogP contribution in [0.3, 0.4) is 0 Å². The van der Waals surface area contributed by atoms with Gasteiger partial charge in [0.2, 0.25) is 6.20 Å². The number of fused-ring (bicyclic) bond motifs is 1. The first-order chi connectivity index (χ1) is 9.35. The molecule has 0 bridgehead atoms. The fraction of sp³-hybridized carbons (Fsp3) is 0.375. The van der Waals surface area contributed by atoms with E-state index in [9.17, 15) is 10.1 Å². The SMILES string of the molecule is CCN1c2ccc(/C=C\[N+](=O)[O-])cc2C(C)=CC1(C)C. The lowest BCUT2D eigenvalue weighted by atomic mass is 9.88. The zero-order valence-corrected chi connectivity index (χ0v) is 12.4. The van der Waals surface area contributed by atoms with Crippen LogP contribution >= 0.6 is 0 Å². The maximum atomic E-state index is 10.4. The van der Waals surface area contributed by atoms with Crippen LogP contribution in [0.5, 0.6) is 0 Å². The minimum atomic E-state index is -0.441. The van der Waals surface area contributed by atoms with Gasteiger partial charge in [0.05, 0.1) is 10.5 Å². The summed E-state index contributed by atoms with van der Waals surface area (Å²) in [6.45, 7) is 9.55. The molecule has 0 saturated heterocycles. The molecule has 0 amide bonds. The lowest BCUT2D eigenvalue weighted by Gasteiger charge is -2.42. The number of hydrogen-bond donors (Lipinski definition) is 0. The molecule has 0 radical (unpaired) electrons. The molecule has 106 valence electrons. The molecule has 1 aromatic rings. The first-order valence-electron chi connectivity index (χ1n) is 6.78. The van der Waals surface area contributed by atoms with Gasteiger partial charge in [0.15, 0.2) is 0 Å². The molecule has 0 saturated carbocycles. The summed E-state index contributed by atoms with van der Waals surface area (Å²) in [5.74, 6) is 0. The molecule has 0 fully saturated rings. The molecule has 1 aliphatic heterocycles. The molecule has 1 aliphatic rings. The van der Waals surface area contributed by atoms with E-state index >= 15 is 0 Å². The Kier molecular flexibility index (Phi) is 3.66. The van der Waals surface area contributed by atoms with Gasteiger partial charge in [0.25, 0.3) is 0 Å². The summed E-state index contributed by atoms with van der Waals surface area (Å²) in [6.07, 6.45) is 4.76. The summed E-state index contributed by atoms with van der Waals surface area (Å²) in [4.78, 5) is 12.3. The molecule has 0 aromatic heterocycles. The van der Waals surface area contributed by atoms with Gasteiger partial charge < -0.3 is 4.90 Å². The molecule has 1 aromatic carbocycles. The van der Waals surface area contributed by atoms with Crippen molar-refractivity contribution in [3.8, 4) is 0 Å². The van der Waals surface area contributed by atoms with Crippen molar-refractivity contribution < 1.29 is 4.92 Å². The Morgan fingerprint density at radius 2 is 2.10 bits per heavy atom. The Morgan fingerprint density at radius 3 is 2.70 bits per heavy atom. The highest BCUT2D eigenvalue weighted by molar-refractivity contribution is 5.82. The van der Waals surface area contributed by atoms with Gasteiger partial charge in [-0.3, -0.25) is 10.1 Å². The predicted octanol–water partition coefficient (Wildman–Crippen LogP) is 3.96. The Morgan fingerprint density at radius 1 is 1.40 bits per heavy atom. The minimum absolute atomic E-state index is 0.00990. The van der Waals surface area contributed by atoms with E-state index in [2.05, 4.69) is 44.7 Å². The Bertz CT molecular complexity index is 600. The minimum Gasteiger partial charge on any atom is -0.363 e. The van der Waals surface area contributed by atoms with Crippen molar-refractivity contribution in [2.24, 2.45) is 0 Å². The summed E-state index contributed by atoms with van der Waals surface area (Å²) in [5, 5.41) is 10.4. The molecule has 2 rings (SSSR count). The van der Waals surface area contributed by atoms with Gasteiger partial charge in [0, 0.05) is 23.9 Å². The zero-order valence-electron chi connectivity index (χ0n) is 12.4. The molecular weight excluding hydrogens is 252 g/mol. The smallest absolute Gasteiger partial charge is 0.235 e. The number of rotatable bonds is 3. The highest BCUT2D eigenvalue weighted by Crippen LogP contribution is 2.39. The maximum absolute atomic E-state index is 10.4. The third kappa shape index (κ3) is 2.59. The van der Waals surface area contributed by atoms with Gasteiger partial charge >= 0.3 is 0 Å². The average molecular weight is 272 g/mol. The standard InChI is InChI=1S/C16H20N2O2/c1-5-17-15-7-6-13(8-9-18(19)20)10-14(15)12(2)11-16(17,3)4/h6-11H,5H2,1-4H3/b9-8-. The van der Waals surface area contributed by atoms with Crippen LogP contribution in [0.1, 0.15) is 38.8 Å². The van der Waals surface area contributed by atoms with Gasteiger partial charge in [-0.05, 0) is 51.0 Å². The summed E-state index contributed by atoms with van der Waals surface area (Å²) >= 11 is 0. The predicted molar refractivity (Wildman–Crippen MR) is 83.2 cm³/mol. The summed E-state index contributed by atoms with van der Waals surface area (Å²) in [7, 11) is 0. The van der Waals surface area contributed by atoms with Crippen LogP contribution in [-0.4, -0.2) is 17.0 Å². The number of likely N-dealkylation sites (N-methyl/N-ethyl adjacent to an activating group) is 1. The summed E-state index contributed by atoms with van der Waals surface area (Å²) < 4.78 is 0. The maximum Gasteiger partial charge on any atom is 0.235 e. The summed E-state index contributed by atoms with van der Waals surface area (Å²) in [5.41, 5.74) is 4.40. The van der Waals surface area contributed by atoms with Crippen molar-refractivity contribution in [2.45, 2.75) is 33.2 Å². The molecule has 0 atom stereocenters. The molecule has 4 heteroatoms. The van der Waals surface area contributed by atoms with E-state index in [0.717, 1.165) is 23.9 Å². The number of nitro groups is 1. The third-order valence-electron chi connectivity index (χ3n) is 3.71. The molecule has 0 unspecified atom stereocenters. The first kappa shape index (κ1) is 14.3. The van der Waals surface area contributed by atoms with Crippen molar-refractivity contribution >= 4 is 17.3 Å². The topological polar surface area (TPSA) is 46.4 Å². The average Bonchev–Trinajstić information content (AvgIpc) is 2.36. The lowest BCUT2D eigenvalue weighted by Crippen LogP contribution is -2.44. The number of hydrogen-bond acceptors (Lipinski definition) is 3. The Labute approximate surface area is 119 Å². The second kappa shape index (κ2) is 5.12. The van der Waals surface area contributed by atoms with Crippen molar-refractivity contribution in [1.82, 2.24) is 0 Å². The largest absolute Gasteiger partial charge is 0.363 e. The molecule has 0 spiro atoms. The van der Waals surface area contributed by atoms with Crippen LogP contribution < -0.4 is 4.90 Å². The van der Waals surface area contributed by atoms with Crippen molar-refractivity contribution in [2.75, 3.05) is 11.4 Å². The van der Waals surface area contributed by atoms with Gasteiger partial charge in [-0.15, -0.1) is 0 Å². The number of anilines is 1. The normalized spacial score (nSPS) is 17.0. The van der Waals surface area contributed by atoms with E-state index in [1.807, 2.05) is 12.1 Å². The van der Waals surface area contributed by atoms with Gasteiger partial charge in [-0.25, -0.2) is 0 Å². The van der Waals surface area contributed by atoms with Crippen molar-refractivity contribution in [3.63, 3.8) is 0 Å². The zero-order chi connectivity index (χ0) is 14.9. The van der Waals surface area contributed by atoms with Gasteiger partial charge in [0.1, 0.15) is 0 Å². The van der Waals surface area contributed by atoms with Crippen LogP contribution in [0.4, 0.5) is 5.69 Å². The van der Waals surface area contributed by atoms with Crippen molar-refractivity contribution in [1.29, 1.82) is 0 Å². The van der Waals surface area contributed by atoms with Gasteiger partial charge in [-0.2, -0.15) is 0 Å². The first-order valence-corrected chi connectivity index (χ1v) is 6.78. The van der Waals surface area contributed by atoms with E-state index < -0.39 is 4.92 Å². The highest BCUT2D eigenvalue weighted by Gasteiger charge is 2.29. The molecule has 4 nitrogen and oxygen atoms in total. The van der Waals surface area contributed by atoms with Crippen LogP contribution in [-0.2, 0) is 0 Å². The van der Waals surface area contributed by atoms with Crippen LogP contribution in [0.15, 0.2) is 30.5 Å². The second-order valence-corrected chi connectivity index (χ2v) is 5.60.